The van der Waals surface area contributed by atoms with Gasteiger partial charge in [0.25, 0.3) is 0 Å². The second-order valence-electron chi connectivity index (χ2n) is 10.4. The molecule has 0 aliphatic carbocycles. The Hall–Kier alpha value is -3.09. The lowest BCUT2D eigenvalue weighted by molar-refractivity contribution is -0.131. The highest BCUT2D eigenvalue weighted by molar-refractivity contribution is 5.79. The molecule has 7 heteroatoms. The molecule has 0 N–H and O–H groups in total. The average Bonchev–Trinajstić information content (AvgIpc) is 3.23. The fourth-order valence-electron chi connectivity index (χ4n) is 4.15. The summed E-state index contributed by atoms with van der Waals surface area (Å²) in [5.41, 5.74) is 1.13. The number of hydrogen-bond acceptors (Lipinski definition) is 4. The maximum atomic E-state index is 13.4. The number of amides is 2. The summed E-state index contributed by atoms with van der Waals surface area (Å²) in [4.78, 5) is 29.7. The molecule has 190 valence electrons. The Bertz CT molecular complexity index is 984. The van der Waals surface area contributed by atoms with Crippen LogP contribution in [0.3, 0.4) is 0 Å². The molecule has 2 amide bonds. The molecule has 35 heavy (non-hydrogen) atoms. The number of ether oxygens (including phenoxy) is 2. The number of carbonyl (C=O) groups excluding carboxylic acids is 2. The van der Waals surface area contributed by atoms with Crippen molar-refractivity contribution in [1.82, 2.24) is 9.80 Å². The molecule has 0 saturated carbocycles. The van der Waals surface area contributed by atoms with Crippen molar-refractivity contribution in [1.29, 1.82) is 0 Å². The minimum Gasteiger partial charge on any atom is -0.491 e. The zero-order valence-electron chi connectivity index (χ0n) is 21.4. The van der Waals surface area contributed by atoms with E-state index in [1.165, 1.54) is 12.1 Å². The lowest BCUT2D eigenvalue weighted by Gasteiger charge is -2.32. The zero-order chi connectivity index (χ0) is 25.6. The Kier molecular flexibility index (Phi) is 8.76. The first-order valence-corrected chi connectivity index (χ1v) is 12.3. The predicted molar refractivity (Wildman–Crippen MR) is 134 cm³/mol. The third-order valence-corrected chi connectivity index (χ3v) is 5.73. The summed E-state index contributed by atoms with van der Waals surface area (Å²) in [6, 6.07) is 13.6. The van der Waals surface area contributed by atoms with Crippen molar-refractivity contribution in [2.24, 2.45) is 0 Å². The zero-order valence-corrected chi connectivity index (χ0v) is 21.4. The highest BCUT2D eigenvalue weighted by Gasteiger charge is 2.34. The highest BCUT2D eigenvalue weighted by Crippen LogP contribution is 2.23. The van der Waals surface area contributed by atoms with Crippen molar-refractivity contribution in [2.45, 2.75) is 78.2 Å². The van der Waals surface area contributed by atoms with Crippen LogP contribution in [0.15, 0.2) is 48.5 Å². The third-order valence-electron chi connectivity index (χ3n) is 5.73. The highest BCUT2D eigenvalue weighted by atomic mass is 19.1. The fourth-order valence-corrected chi connectivity index (χ4v) is 4.15. The van der Waals surface area contributed by atoms with Gasteiger partial charge in [0.2, 0.25) is 5.91 Å². The van der Waals surface area contributed by atoms with Gasteiger partial charge in [0.15, 0.2) is 0 Å². The molecular weight excluding hydrogens is 447 g/mol. The van der Waals surface area contributed by atoms with E-state index in [0.717, 1.165) is 29.7 Å². The van der Waals surface area contributed by atoms with E-state index in [1.807, 2.05) is 58.9 Å². The van der Waals surface area contributed by atoms with Gasteiger partial charge in [-0.15, -0.1) is 0 Å². The lowest BCUT2D eigenvalue weighted by atomic mass is 10.1. The van der Waals surface area contributed by atoms with Gasteiger partial charge in [-0.25, -0.2) is 9.18 Å². The van der Waals surface area contributed by atoms with E-state index in [-0.39, 0.29) is 36.4 Å². The molecule has 2 aromatic carbocycles. The fraction of sp³-hybridized carbons (Fsp3) is 0.500. The van der Waals surface area contributed by atoms with E-state index in [4.69, 9.17) is 9.47 Å². The quantitative estimate of drug-likeness (QED) is 0.491. The first-order chi connectivity index (χ1) is 16.5. The van der Waals surface area contributed by atoms with E-state index in [2.05, 4.69) is 0 Å². The van der Waals surface area contributed by atoms with Crippen LogP contribution in [-0.2, 0) is 22.5 Å². The summed E-state index contributed by atoms with van der Waals surface area (Å²) in [5.74, 6) is 0.392. The van der Waals surface area contributed by atoms with Crippen molar-refractivity contribution < 1.29 is 23.5 Å². The number of halogens is 1. The molecule has 1 aliphatic rings. The van der Waals surface area contributed by atoms with Gasteiger partial charge in [-0.2, -0.15) is 0 Å². The van der Waals surface area contributed by atoms with E-state index in [1.54, 1.807) is 21.9 Å². The smallest absolute Gasteiger partial charge is 0.410 e. The Labute approximate surface area is 208 Å². The summed E-state index contributed by atoms with van der Waals surface area (Å²) in [7, 11) is 0. The molecular formula is C28H37FN2O4. The van der Waals surface area contributed by atoms with Crippen molar-refractivity contribution in [2.75, 3.05) is 13.1 Å². The van der Waals surface area contributed by atoms with Gasteiger partial charge in [0.1, 0.15) is 17.2 Å². The molecule has 1 atom stereocenters. The molecule has 0 spiro atoms. The molecule has 3 rings (SSSR count). The number of benzene rings is 2. The molecule has 1 saturated heterocycles. The Morgan fingerprint density at radius 2 is 1.69 bits per heavy atom. The maximum absolute atomic E-state index is 13.4. The van der Waals surface area contributed by atoms with Gasteiger partial charge in [-0.1, -0.05) is 24.3 Å². The predicted octanol–water partition coefficient (Wildman–Crippen LogP) is 5.58. The number of hydrogen-bond donors (Lipinski definition) is 0. The van der Waals surface area contributed by atoms with Crippen LogP contribution in [0.2, 0.25) is 0 Å². The summed E-state index contributed by atoms with van der Waals surface area (Å²) in [6.07, 6.45) is 1.61. The van der Waals surface area contributed by atoms with Crippen LogP contribution in [0.25, 0.3) is 0 Å². The number of rotatable bonds is 8. The van der Waals surface area contributed by atoms with Crippen LogP contribution in [0.1, 0.15) is 58.6 Å². The van der Waals surface area contributed by atoms with Crippen molar-refractivity contribution in [3.63, 3.8) is 0 Å². The first-order valence-electron chi connectivity index (χ1n) is 12.3. The molecule has 0 radical (unpaired) electrons. The molecule has 0 bridgehead atoms. The maximum Gasteiger partial charge on any atom is 0.410 e. The second kappa shape index (κ2) is 11.6. The molecule has 0 aromatic heterocycles. The molecule has 1 heterocycles. The summed E-state index contributed by atoms with van der Waals surface area (Å²) in [5, 5.41) is 0. The third kappa shape index (κ3) is 8.26. The van der Waals surface area contributed by atoms with E-state index in [0.29, 0.717) is 19.6 Å². The largest absolute Gasteiger partial charge is 0.491 e. The first kappa shape index (κ1) is 26.5. The van der Waals surface area contributed by atoms with Crippen LogP contribution in [-0.4, -0.2) is 52.6 Å². The van der Waals surface area contributed by atoms with Gasteiger partial charge in [0, 0.05) is 19.6 Å². The molecule has 1 aliphatic heterocycles. The van der Waals surface area contributed by atoms with Crippen molar-refractivity contribution in [3.05, 3.63) is 65.5 Å². The van der Waals surface area contributed by atoms with Crippen LogP contribution >= 0.6 is 0 Å². The van der Waals surface area contributed by atoms with Crippen LogP contribution in [0, 0.1) is 5.82 Å². The summed E-state index contributed by atoms with van der Waals surface area (Å²) < 4.78 is 24.7. The Morgan fingerprint density at radius 1 is 1.06 bits per heavy atom. The van der Waals surface area contributed by atoms with Gasteiger partial charge >= 0.3 is 6.09 Å². The lowest BCUT2D eigenvalue weighted by Crippen LogP contribution is -2.46. The summed E-state index contributed by atoms with van der Waals surface area (Å²) >= 11 is 0. The van der Waals surface area contributed by atoms with E-state index in [9.17, 15) is 14.0 Å². The average molecular weight is 485 g/mol. The molecule has 1 fully saturated rings. The van der Waals surface area contributed by atoms with Crippen molar-refractivity contribution >= 4 is 12.0 Å². The Morgan fingerprint density at radius 3 is 2.29 bits per heavy atom. The standard InChI is InChI=1S/C28H37FN2O4/c1-20(2)34-25-14-10-21(11-15-25)17-26(32)30(18-22-8-12-23(29)13-9-22)19-24-7-6-16-31(24)27(33)35-28(3,4)5/h8-15,20,24H,6-7,16-19H2,1-5H3/t24-/m1/s1. The topological polar surface area (TPSA) is 59.1 Å². The van der Waals surface area contributed by atoms with Crippen molar-refractivity contribution in [3.8, 4) is 5.75 Å². The SMILES string of the molecule is CC(C)Oc1ccc(CC(=O)N(Cc2ccc(F)cc2)C[C@H]2CCCN2C(=O)OC(C)(C)C)cc1. The van der Waals surface area contributed by atoms with E-state index < -0.39 is 5.60 Å². The molecule has 6 nitrogen and oxygen atoms in total. The van der Waals surface area contributed by atoms with Crippen LogP contribution in [0.4, 0.5) is 9.18 Å². The minimum absolute atomic E-state index is 0.0529. The summed E-state index contributed by atoms with van der Waals surface area (Å²) in [6.45, 7) is 10.8. The van der Waals surface area contributed by atoms with Gasteiger partial charge in [-0.05, 0) is 82.9 Å². The van der Waals surface area contributed by atoms with Gasteiger partial charge in [-0.3, -0.25) is 4.79 Å². The van der Waals surface area contributed by atoms with Gasteiger partial charge < -0.3 is 19.3 Å². The van der Waals surface area contributed by atoms with Crippen LogP contribution < -0.4 is 4.74 Å². The van der Waals surface area contributed by atoms with Crippen LogP contribution in [0.5, 0.6) is 5.75 Å². The number of likely N-dealkylation sites (tertiary alicyclic amines) is 1. The Balaban J connectivity index is 1.74. The number of nitrogens with zero attached hydrogens (tertiary/aromatic N) is 2. The second-order valence-corrected chi connectivity index (χ2v) is 10.4. The monoisotopic (exact) mass is 484 g/mol. The molecule has 2 aromatic rings. The van der Waals surface area contributed by atoms with Gasteiger partial charge in [0.05, 0.1) is 18.6 Å². The van der Waals surface area contributed by atoms with E-state index >= 15 is 0 Å². The number of carbonyl (C=O) groups is 2. The normalized spacial score (nSPS) is 15.9. The minimum atomic E-state index is -0.584. The molecule has 0 unspecified atom stereocenters.